The molecule has 114 valence electrons. The molecule has 21 heavy (non-hydrogen) atoms. The lowest BCUT2D eigenvalue weighted by molar-refractivity contribution is -0.137. The Morgan fingerprint density at radius 1 is 1.38 bits per heavy atom. The summed E-state index contributed by atoms with van der Waals surface area (Å²) in [4.78, 5) is 25.1. The third-order valence-corrected chi connectivity index (χ3v) is 4.69. The number of amides is 1. The molecule has 1 aromatic carbocycles. The Balaban J connectivity index is 1.79. The second-order valence-corrected chi connectivity index (χ2v) is 6.23. The van der Waals surface area contributed by atoms with Crippen molar-refractivity contribution in [2.24, 2.45) is 0 Å². The molecule has 0 spiro atoms. The van der Waals surface area contributed by atoms with E-state index in [1.165, 1.54) is 31.0 Å². The molecule has 1 aliphatic heterocycles. The molecule has 1 amide bonds. The van der Waals surface area contributed by atoms with Gasteiger partial charge in [-0.3, -0.25) is 9.59 Å². The van der Waals surface area contributed by atoms with Gasteiger partial charge < -0.3 is 9.64 Å². The number of halogens is 1. The molecule has 6 heteroatoms. The lowest BCUT2D eigenvalue weighted by Gasteiger charge is -2.16. The van der Waals surface area contributed by atoms with Crippen LogP contribution >= 0.6 is 11.8 Å². The molecule has 4 nitrogen and oxygen atoms in total. The Morgan fingerprint density at radius 3 is 2.76 bits per heavy atom. The van der Waals surface area contributed by atoms with E-state index in [-0.39, 0.29) is 29.4 Å². The van der Waals surface area contributed by atoms with Crippen molar-refractivity contribution < 1.29 is 18.7 Å². The quantitative estimate of drug-likeness (QED) is 0.779. The average molecular weight is 311 g/mol. The second-order valence-electron chi connectivity index (χ2n) is 4.94. The Hall–Kier alpha value is -1.56. The third-order valence-electron chi connectivity index (χ3n) is 3.43. The van der Waals surface area contributed by atoms with Gasteiger partial charge in [0.2, 0.25) is 5.91 Å². The third kappa shape index (κ3) is 4.74. The predicted octanol–water partition coefficient (Wildman–Crippen LogP) is 1.88. The van der Waals surface area contributed by atoms with E-state index in [4.69, 9.17) is 0 Å². The molecular formula is C15H18FNO3S. The second kappa shape index (κ2) is 7.45. The van der Waals surface area contributed by atoms with Crippen molar-refractivity contribution in [1.82, 2.24) is 4.90 Å². The van der Waals surface area contributed by atoms with Gasteiger partial charge in [0.05, 0.1) is 19.3 Å². The Bertz CT molecular complexity index is 506. The van der Waals surface area contributed by atoms with Crippen molar-refractivity contribution in [1.29, 1.82) is 0 Å². The van der Waals surface area contributed by atoms with Gasteiger partial charge in [-0.05, 0) is 24.1 Å². The highest BCUT2D eigenvalue weighted by Gasteiger charge is 2.26. The molecule has 1 saturated heterocycles. The van der Waals surface area contributed by atoms with E-state index in [0.29, 0.717) is 18.8 Å². The molecule has 0 unspecified atom stereocenters. The fourth-order valence-electron chi connectivity index (χ4n) is 2.22. The minimum atomic E-state index is -0.299. The zero-order valence-corrected chi connectivity index (χ0v) is 12.7. The van der Waals surface area contributed by atoms with Crippen molar-refractivity contribution in [2.75, 3.05) is 26.0 Å². The fraction of sp³-hybridized carbons (Fsp3) is 0.467. The van der Waals surface area contributed by atoms with Crippen LogP contribution in [0.15, 0.2) is 24.3 Å². The summed E-state index contributed by atoms with van der Waals surface area (Å²) in [5.41, 5.74) is 0.812. The van der Waals surface area contributed by atoms with Crippen LogP contribution in [-0.4, -0.2) is 48.0 Å². The van der Waals surface area contributed by atoms with Crippen molar-refractivity contribution in [3.05, 3.63) is 35.6 Å². The number of esters is 1. The predicted molar refractivity (Wildman–Crippen MR) is 79.6 cm³/mol. The molecule has 1 aromatic rings. The number of methoxy groups -OCH3 is 1. The Labute approximate surface area is 127 Å². The van der Waals surface area contributed by atoms with Crippen LogP contribution in [0.1, 0.15) is 12.0 Å². The molecule has 0 aliphatic carbocycles. The van der Waals surface area contributed by atoms with Crippen LogP contribution < -0.4 is 0 Å². The fourth-order valence-corrected chi connectivity index (χ4v) is 3.27. The van der Waals surface area contributed by atoms with Crippen molar-refractivity contribution in [2.45, 2.75) is 18.1 Å². The van der Waals surface area contributed by atoms with E-state index >= 15 is 0 Å². The lowest BCUT2D eigenvalue weighted by atomic mass is 10.1. The minimum Gasteiger partial charge on any atom is -0.468 e. The summed E-state index contributed by atoms with van der Waals surface area (Å²) in [6.45, 7) is 1.36. The Kier molecular flexibility index (Phi) is 5.61. The largest absolute Gasteiger partial charge is 0.468 e. The highest BCUT2D eigenvalue weighted by molar-refractivity contribution is 8.00. The number of nitrogens with zero attached hydrogens (tertiary/aromatic N) is 1. The molecule has 0 radical (unpaired) electrons. The normalized spacial score (nSPS) is 17.8. The molecule has 1 atom stereocenters. The zero-order chi connectivity index (χ0) is 15.2. The van der Waals surface area contributed by atoms with Gasteiger partial charge in [0.25, 0.3) is 0 Å². The van der Waals surface area contributed by atoms with Crippen LogP contribution in [-0.2, 0) is 20.7 Å². The number of ether oxygens (including phenoxy) is 1. The number of rotatable bonds is 5. The maximum absolute atomic E-state index is 12.8. The average Bonchev–Trinajstić information content (AvgIpc) is 2.96. The molecule has 2 rings (SSSR count). The lowest BCUT2D eigenvalue weighted by Crippen LogP contribution is -2.30. The highest BCUT2D eigenvalue weighted by atomic mass is 32.2. The SMILES string of the molecule is COC(=O)CS[C@H]1CCN(C(=O)Cc2ccc(F)cc2)C1. The maximum atomic E-state index is 12.8. The van der Waals surface area contributed by atoms with Gasteiger partial charge in [-0.25, -0.2) is 4.39 Å². The van der Waals surface area contributed by atoms with Crippen LogP contribution in [0.5, 0.6) is 0 Å². The van der Waals surface area contributed by atoms with Crippen molar-refractivity contribution in [3.8, 4) is 0 Å². The number of likely N-dealkylation sites (tertiary alicyclic amines) is 1. The first-order valence-electron chi connectivity index (χ1n) is 6.79. The van der Waals surface area contributed by atoms with E-state index in [1.807, 2.05) is 0 Å². The number of carbonyl (C=O) groups excluding carboxylic acids is 2. The van der Waals surface area contributed by atoms with Gasteiger partial charge in [0, 0.05) is 18.3 Å². The molecule has 1 aliphatic rings. The smallest absolute Gasteiger partial charge is 0.315 e. The Morgan fingerprint density at radius 2 is 2.10 bits per heavy atom. The molecule has 0 saturated carbocycles. The first-order valence-corrected chi connectivity index (χ1v) is 7.84. The summed E-state index contributed by atoms with van der Waals surface area (Å²) >= 11 is 1.53. The molecule has 1 heterocycles. The van der Waals surface area contributed by atoms with E-state index < -0.39 is 0 Å². The number of thioether (sulfide) groups is 1. The van der Waals surface area contributed by atoms with Crippen LogP contribution in [0.4, 0.5) is 4.39 Å². The monoisotopic (exact) mass is 311 g/mol. The van der Waals surface area contributed by atoms with E-state index in [9.17, 15) is 14.0 Å². The molecular weight excluding hydrogens is 293 g/mol. The summed E-state index contributed by atoms with van der Waals surface area (Å²) < 4.78 is 17.4. The van der Waals surface area contributed by atoms with Crippen LogP contribution in [0.25, 0.3) is 0 Å². The van der Waals surface area contributed by atoms with Crippen LogP contribution in [0.2, 0.25) is 0 Å². The van der Waals surface area contributed by atoms with Crippen LogP contribution in [0.3, 0.4) is 0 Å². The van der Waals surface area contributed by atoms with Gasteiger partial charge in [0.15, 0.2) is 0 Å². The standard InChI is InChI=1S/C15H18FNO3S/c1-20-15(19)10-21-13-6-7-17(9-13)14(18)8-11-2-4-12(16)5-3-11/h2-5,13H,6-10H2,1H3/t13-/m0/s1. The van der Waals surface area contributed by atoms with Gasteiger partial charge in [0.1, 0.15) is 5.82 Å². The maximum Gasteiger partial charge on any atom is 0.315 e. The summed E-state index contributed by atoms with van der Waals surface area (Å²) in [5.74, 6) is -0.174. The van der Waals surface area contributed by atoms with E-state index in [0.717, 1.165) is 12.0 Å². The molecule has 0 N–H and O–H groups in total. The van der Waals surface area contributed by atoms with Gasteiger partial charge in [-0.2, -0.15) is 0 Å². The molecule has 0 aromatic heterocycles. The number of hydrogen-bond acceptors (Lipinski definition) is 4. The van der Waals surface area contributed by atoms with Crippen molar-refractivity contribution >= 4 is 23.6 Å². The number of carbonyl (C=O) groups is 2. The van der Waals surface area contributed by atoms with Gasteiger partial charge >= 0.3 is 5.97 Å². The zero-order valence-electron chi connectivity index (χ0n) is 11.9. The first kappa shape index (κ1) is 15.8. The first-order chi connectivity index (χ1) is 10.1. The molecule has 0 bridgehead atoms. The summed E-state index contributed by atoms with van der Waals surface area (Å²) in [7, 11) is 1.37. The topological polar surface area (TPSA) is 46.6 Å². The van der Waals surface area contributed by atoms with Crippen LogP contribution in [0, 0.1) is 5.82 Å². The summed E-state index contributed by atoms with van der Waals surface area (Å²) in [5, 5.41) is 0.279. The number of hydrogen-bond donors (Lipinski definition) is 0. The van der Waals surface area contributed by atoms with Crippen molar-refractivity contribution in [3.63, 3.8) is 0 Å². The van der Waals surface area contributed by atoms with Gasteiger partial charge in [-0.15, -0.1) is 11.8 Å². The highest BCUT2D eigenvalue weighted by Crippen LogP contribution is 2.23. The summed E-state index contributed by atoms with van der Waals surface area (Å²) in [6.07, 6.45) is 1.17. The minimum absolute atomic E-state index is 0.0442. The number of benzene rings is 1. The van der Waals surface area contributed by atoms with E-state index in [2.05, 4.69) is 4.74 Å². The van der Waals surface area contributed by atoms with E-state index in [1.54, 1.807) is 17.0 Å². The molecule has 1 fully saturated rings. The van der Waals surface area contributed by atoms with Gasteiger partial charge in [-0.1, -0.05) is 12.1 Å². The summed E-state index contributed by atoms with van der Waals surface area (Å²) in [6, 6.07) is 5.99.